The highest BCUT2D eigenvalue weighted by Gasteiger charge is 2.06. The molecule has 1 rings (SSSR count). The van der Waals surface area contributed by atoms with Crippen LogP contribution >= 0.6 is 36.2 Å². The summed E-state index contributed by atoms with van der Waals surface area (Å²) in [6, 6.07) is 0. The van der Waals surface area contributed by atoms with Crippen molar-refractivity contribution in [2.45, 2.75) is 39.0 Å². The minimum absolute atomic E-state index is 0. The quantitative estimate of drug-likeness (QED) is 0.715. The molecule has 4 nitrogen and oxygen atoms in total. The van der Waals surface area contributed by atoms with Crippen molar-refractivity contribution < 1.29 is 4.79 Å². The van der Waals surface area contributed by atoms with Crippen LogP contribution < -0.4 is 10.6 Å². The molecule has 0 saturated carbocycles. The van der Waals surface area contributed by atoms with Crippen LogP contribution in [0, 0.1) is 0 Å². The van der Waals surface area contributed by atoms with Crippen molar-refractivity contribution in [3.05, 3.63) is 16.1 Å². The number of halogens is 2. The number of rotatable bonds is 8. The molecule has 118 valence electrons. The zero-order valence-electron chi connectivity index (χ0n) is 12.3. The van der Waals surface area contributed by atoms with E-state index in [4.69, 9.17) is 0 Å². The third kappa shape index (κ3) is 8.74. The number of carbonyl (C=O) groups excluding carboxylic acids is 1. The molecule has 0 radical (unpaired) electrons. The van der Waals surface area contributed by atoms with Gasteiger partial charge in [0.25, 0.3) is 0 Å². The number of amides is 1. The molecule has 0 bridgehead atoms. The zero-order chi connectivity index (χ0) is 13.4. The number of nitrogens with zero attached hydrogens (tertiary/aromatic N) is 1. The topological polar surface area (TPSA) is 54.0 Å². The molecule has 20 heavy (non-hydrogen) atoms. The normalized spacial score (nSPS) is 9.80. The molecule has 1 aromatic heterocycles. The summed E-state index contributed by atoms with van der Waals surface area (Å²) in [5.74, 6) is 0.615. The van der Waals surface area contributed by atoms with E-state index in [1.807, 2.05) is 7.05 Å². The molecule has 1 amide bonds. The number of aromatic nitrogens is 1. The Morgan fingerprint density at radius 2 is 2.05 bits per heavy atom. The van der Waals surface area contributed by atoms with Crippen LogP contribution in [0.15, 0.2) is 5.38 Å². The van der Waals surface area contributed by atoms with Gasteiger partial charge < -0.3 is 10.6 Å². The molecule has 0 aliphatic heterocycles. The lowest BCUT2D eigenvalue weighted by atomic mass is 10.2. The van der Waals surface area contributed by atoms with Crippen LogP contribution in [0.25, 0.3) is 0 Å². The number of hydrogen-bond acceptors (Lipinski definition) is 4. The Labute approximate surface area is 138 Å². The Morgan fingerprint density at radius 1 is 1.35 bits per heavy atom. The van der Waals surface area contributed by atoms with Crippen molar-refractivity contribution in [1.29, 1.82) is 0 Å². The molecular weight excluding hydrogens is 317 g/mol. The average Bonchev–Trinajstić information content (AvgIpc) is 2.78. The number of hydrogen-bond donors (Lipinski definition) is 2. The Bertz CT molecular complexity index is 372. The second kappa shape index (κ2) is 12.4. The van der Waals surface area contributed by atoms with Gasteiger partial charge in [0, 0.05) is 30.7 Å². The third-order valence-electron chi connectivity index (χ3n) is 2.60. The first kappa shape index (κ1) is 21.9. The summed E-state index contributed by atoms with van der Waals surface area (Å²) in [5, 5.41) is 9.21. The van der Waals surface area contributed by atoms with Crippen LogP contribution in [0.3, 0.4) is 0 Å². The van der Waals surface area contributed by atoms with Crippen LogP contribution in [-0.2, 0) is 11.2 Å². The monoisotopic (exact) mass is 341 g/mol. The molecular formula is C13H25Cl2N3OS. The van der Waals surface area contributed by atoms with Gasteiger partial charge in [0.2, 0.25) is 5.91 Å². The maximum absolute atomic E-state index is 11.5. The SMILES string of the molecule is CNCCCC(=O)NCCc1csc(C(C)C)n1.Cl.Cl. The predicted molar refractivity (Wildman–Crippen MR) is 90.6 cm³/mol. The Morgan fingerprint density at radius 3 is 2.60 bits per heavy atom. The van der Waals surface area contributed by atoms with Crippen molar-refractivity contribution in [1.82, 2.24) is 15.6 Å². The Kier molecular flexibility index (Phi) is 13.6. The summed E-state index contributed by atoms with van der Waals surface area (Å²) in [6.07, 6.45) is 2.30. The number of nitrogens with one attached hydrogen (secondary N) is 2. The van der Waals surface area contributed by atoms with Gasteiger partial charge in [-0.15, -0.1) is 36.2 Å². The standard InChI is InChI=1S/C13H23N3OS.2ClH/c1-10(2)13-16-11(9-18-13)6-8-15-12(17)5-4-7-14-3;;/h9-10,14H,4-8H2,1-3H3,(H,15,17);2*1H. The van der Waals surface area contributed by atoms with Crippen molar-refractivity contribution in [3.63, 3.8) is 0 Å². The van der Waals surface area contributed by atoms with Gasteiger partial charge in [0.1, 0.15) is 0 Å². The van der Waals surface area contributed by atoms with Crippen LogP contribution in [-0.4, -0.2) is 31.0 Å². The molecule has 0 aliphatic carbocycles. The number of thiazole rings is 1. The largest absolute Gasteiger partial charge is 0.356 e. The molecule has 0 saturated heterocycles. The van der Waals surface area contributed by atoms with E-state index in [0.29, 0.717) is 18.9 Å². The lowest BCUT2D eigenvalue weighted by molar-refractivity contribution is -0.121. The van der Waals surface area contributed by atoms with E-state index in [0.717, 1.165) is 25.1 Å². The van der Waals surface area contributed by atoms with Gasteiger partial charge in [-0.3, -0.25) is 4.79 Å². The first-order valence-electron chi connectivity index (χ1n) is 6.49. The molecule has 0 fully saturated rings. The van der Waals surface area contributed by atoms with Gasteiger partial charge >= 0.3 is 0 Å². The first-order chi connectivity index (χ1) is 8.63. The van der Waals surface area contributed by atoms with E-state index >= 15 is 0 Å². The molecule has 0 aromatic carbocycles. The maximum Gasteiger partial charge on any atom is 0.220 e. The summed E-state index contributed by atoms with van der Waals surface area (Å²) in [5.41, 5.74) is 1.08. The Hall–Kier alpha value is -0.360. The molecule has 0 aliphatic rings. The van der Waals surface area contributed by atoms with Gasteiger partial charge in [0.05, 0.1) is 10.7 Å². The van der Waals surface area contributed by atoms with E-state index in [1.54, 1.807) is 11.3 Å². The summed E-state index contributed by atoms with van der Waals surface area (Å²) in [6.45, 7) is 5.86. The Balaban J connectivity index is 0. The highest BCUT2D eigenvalue weighted by molar-refractivity contribution is 7.09. The van der Waals surface area contributed by atoms with Gasteiger partial charge in [-0.05, 0) is 20.0 Å². The highest BCUT2D eigenvalue weighted by atomic mass is 35.5. The van der Waals surface area contributed by atoms with Crippen LogP contribution in [0.5, 0.6) is 0 Å². The molecule has 2 N–H and O–H groups in total. The lowest BCUT2D eigenvalue weighted by Gasteiger charge is -2.03. The summed E-state index contributed by atoms with van der Waals surface area (Å²) >= 11 is 1.70. The van der Waals surface area contributed by atoms with E-state index in [-0.39, 0.29) is 30.7 Å². The molecule has 0 unspecified atom stereocenters. The van der Waals surface area contributed by atoms with Gasteiger partial charge in [0.15, 0.2) is 0 Å². The minimum Gasteiger partial charge on any atom is -0.356 e. The summed E-state index contributed by atoms with van der Waals surface area (Å²) in [7, 11) is 1.90. The fourth-order valence-corrected chi connectivity index (χ4v) is 2.42. The second-order valence-electron chi connectivity index (χ2n) is 4.64. The molecule has 1 aromatic rings. The second-order valence-corrected chi connectivity index (χ2v) is 5.53. The molecule has 0 spiro atoms. The van der Waals surface area contributed by atoms with E-state index < -0.39 is 0 Å². The fraction of sp³-hybridized carbons (Fsp3) is 0.692. The highest BCUT2D eigenvalue weighted by Crippen LogP contribution is 2.19. The van der Waals surface area contributed by atoms with Crippen molar-refractivity contribution in [3.8, 4) is 0 Å². The van der Waals surface area contributed by atoms with Crippen molar-refractivity contribution in [2.75, 3.05) is 20.1 Å². The minimum atomic E-state index is 0. The van der Waals surface area contributed by atoms with E-state index in [1.165, 1.54) is 5.01 Å². The van der Waals surface area contributed by atoms with Crippen molar-refractivity contribution >= 4 is 42.1 Å². The molecule has 0 atom stereocenters. The number of carbonyl (C=O) groups is 1. The smallest absolute Gasteiger partial charge is 0.220 e. The fourth-order valence-electron chi connectivity index (χ4n) is 1.55. The maximum atomic E-state index is 11.5. The van der Waals surface area contributed by atoms with E-state index in [2.05, 4.69) is 34.8 Å². The third-order valence-corrected chi connectivity index (χ3v) is 3.79. The van der Waals surface area contributed by atoms with Crippen LogP contribution in [0.2, 0.25) is 0 Å². The van der Waals surface area contributed by atoms with Crippen LogP contribution in [0.4, 0.5) is 0 Å². The molecule has 1 heterocycles. The van der Waals surface area contributed by atoms with Gasteiger partial charge in [-0.25, -0.2) is 4.98 Å². The summed E-state index contributed by atoms with van der Waals surface area (Å²) < 4.78 is 0. The van der Waals surface area contributed by atoms with Crippen molar-refractivity contribution in [2.24, 2.45) is 0 Å². The van der Waals surface area contributed by atoms with Crippen LogP contribution in [0.1, 0.15) is 43.3 Å². The van der Waals surface area contributed by atoms with Gasteiger partial charge in [-0.1, -0.05) is 13.8 Å². The summed E-state index contributed by atoms with van der Waals surface area (Å²) in [4.78, 5) is 16.0. The van der Waals surface area contributed by atoms with Gasteiger partial charge in [-0.2, -0.15) is 0 Å². The predicted octanol–water partition coefficient (Wildman–Crippen LogP) is 2.77. The average molecular weight is 342 g/mol. The van der Waals surface area contributed by atoms with E-state index in [9.17, 15) is 4.79 Å². The zero-order valence-corrected chi connectivity index (χ0v) is 14.7. The molecule has 7 heteroatoms. The lowest BCUT2D eigenvalue weighted by Crippen LogP contribution is -2.26. The first-order valence-corrected chi connectivity index (χ1v) is 7.37.